The number of rotatable bonds is 2. The van der Waals surface area contributed by atoms with E-state index in [0.717, 1.165) is 10.9 Å². The summed E-state index contributed by atoms with van der Waals surface area (Å²) < 4.78 is 0. The molecular weight excluding hydrogens is 270 g/mol. The number of H-pyrrole nitrogens is 1. The Balaban J connectivity index is 1.95. The van der Waals surface area contributed by atoms with E-state index in [1.165, 1.54) is 0 Å². The number of carbonyl (C=O) groups excluding carboxylic acids is 1. The maximum Gasteiger partial charge on any atom is 0.311 e. The fourth-order valence-corrected chi connectivity index (χ4v) is 2.86. The van der Waals surface area contributed by atoms with Crippen molar-refractivity contribution in [3.05, 3.63) is 29.5 Å². The number of hydrogen-bond donors (Lipinski definition) is 2. The molecule has 1 aliphatic heterocycles. The second-order valence-electron chi connectivity index (χ2n) is 5.99. The van der Waals surface area contributed by atoms with Crippen molar-refractivity contribution in [1.82, 2.24) is 15.1 Å². The molecule has 3 rings (SSSR count). The second-order valence-corrected chi connectivity index (χ2v) is 5.99. The van der Waals surface area contributed by atoms with Crippen molar-refractivity contribution in [1.29, 1.82) is 0 Å². The van der Waals surface area contributed by atoms with Crippen LogP contribution in [0.25, 0.3) is 10.9 Å². The predicted octanol–water partition coefficient (Wildman–Crippen LogP) is 1.81. The van der Waals surface area contributed by atoms with Crippen LogP contribution in [0.15, 0.2) is 18.3 Å². The molecule has 0 aliphatic carbocycles. The summed E-state index contributed by atoms with van der Waals surface area (Å²) in [6, 6.07) is 3.78. The van der Waals surface area contributed by atoms with E-state index in [4.69, 9.17) is 0 Å². The van der Waals surface area contributed by atoms with Crippen molar-refractivity contribution < 1.29 is 14.7 Å². The van der Waals surface area contributed by atoms with Crippen LogP contribution < -0.4 is 0 Å². The van der Waals surface area contributed by atoms with E-state index in [-0.39, 0.29) is 12.5 Å². The van der Waals surface area contributed by atoms with E-state index in [1.807, 2.05) is 19.1 Å². The zero-order valence-corrected chi connectivity index (χ0v) is 12.0. The van der Waals surface area contributed by atoms with Gasteiger partial charge in [-0.05, 0) is 38.0 Å². The average Bonchev–Trinajstić information content (AvgIpc) is 3.04. The van der Waals surface area contributed by atoms with Gasteiger partial charge in [0.05, 0.1) is 22.7 Å². The molecule has 21 heavy (non-hydrogen) atoms. The molecule has 0 bridgehead atoms. The lowest BCUT2D eigenvalue weighted by atomic mass is 9.90. The molecule has 6 heteroatoms. The SMILES string of the molecule is Cc1cc(C(=O)N2CCC(C)(C(=O)O)C2)c2[nH]ncc2c1. The molecule has 0 radical (unpaired) electrons. The number of aromatic amines is 1. The molecular formula is C15H17N3O3. The first kappa shape index (κ1) is 13.6. The second kappa shape index (κ2) is 4.58. The Bertz CT molecular complexity index is 737. The first-order valence-electron chi connectivity index (χ1n) is 6.87. The molecule has 6 nitrogen and oxygen atoms in total. The third-order valence-electron chi connectivity index (χ3n) is 4.20. The molecule has 2 N–H and O–H groups in total. The Morgan fingerprint density at radius 3 is 2.86 bits per heavy atom. The van der Waals surface area contributed by atoms with Gasteiger partial charge in [0.25, 0.3) is 5.91 Å². The average molecular weight is 287 g/mol. The zero-order valence-electron chi connectivity index (χ0n) is 12.0. The maximum atomic E-state index is 12.7. The van der Waals surface area contributed by atoms with Crippen LogP contribution in [0.4, 0.5) is 0 Å². The molecule has 1 fully saturated rings. The number of aryl methyl sites for hydroxylation is 1. The normalized spacial score (nSPS) is 21.9. The van der Waals surface area contributed by atoms with Crippen molar-refractivity contribution in [3.8, 4) is 0 Å². The monoisotopic (exact) mass is 287 g/mol. The minimum Gasteiger partial charge on any atom is -0.481 e. The number of aromatic nitrogens is 2. The summed E-state index contributed by atoms with van der Waals surface area (Å²) in [4.78, 5) is 25.6. The van der Waals surface area contributed by atoms with Crippen LogP contribution in [0.3, 0.4) is 0 Å². The van der Waals surface area contributed by atoms with Gasteiger partial charge < -0.3 is 10.0 Å². The highest BCUT2D eigenvalue weighted by molar-refractivity contribution is 6.06. The molecule has 0 spiro atoms. The van der Waals surface area contributed by atoms with Crippen LogP contribution >= 0.6 is 0 Å². The summed E-state index contributed by atoms with van der Waals surface area (Å²) in [7, 11) is 0. The molecule has 1 unspecified atom stereocenters. The number of carboxylic acid groups (broad SMARTS) is 1. The number of carboxylic acids is 1. The molecule has 2 aromatic rings. The molecule has 1 saturated heterocycles. The van der Waals surface area contributed by atoms with Gasteiger partial charge in [-0.3, -0.25) is 14.7 Å². The van der Waals surface area contributed by atoms with Crippen LogP contribution in [-0.4, -0.2) is 45.2 Å². The molecule has 2 heterocycles. The number of benzene rings is 1. The topological polar surface area (TPSA) is 86.3 Å². The van der Waals surface area contributed by atoms with Gasteiger partial charge in [-0.2, -0.15) is 5.10 Å². The largest absolute Gasteiger partial charge is 0.481 e. The third kappa shape index (κ3) is 2.16. The summed E-state index contributed by atoms with van der Waals surface area (Å²) >= 11 is 0. The highest BCUT2D eigenvalue weighted by atomic mass is 16.4. The minimum atomic E-state index is -0.855. The molecule has 1 amide bonds. The highest BCUT2D eigenvalue weighted by Crippen LogP contribution is 2.32. The Morgan fingerprint density at radius 1 is 1.43 bits per heavy atom. The summed E-state index contributed by atoms with van der Waals surface area (Å²) in [5.74, 6) is -0.994. The number of likely N-dealkylation sites (tertiary alicyclic amines) is 1. The van der Waals surface area contributed by atoms with Crippen molar-refractivity contribution in [2.24, 2.45) is 5.41 Å². The van der Waals surface area contributed by atoms with Crippen LogP contribution in [0, 0.1) is 12.3 Å². The fraction of sp³-hybridized carbons (Fsp3) is 0.400. The number of hydrogen-bond acceptors (Lipinski definition) is 3. The lowest BCUT2D eigenvalue weighted by Gasteiger charge is -2.20. The molecule has 1 aromatic heterocycles. The van der Waals surface area contributed by atoms with Crippen molar-refractivity contribution in [2.75, 3.05) is 13.1 Å². The van der Waals surface area contributed by atoms with Gasteiger partial charge in [0.15, 0.2) is 0 Å². The molecule has 1 aromatic carbocycles. The summed E-state index contributed by atoms with van der Waals surface area (Å²) in [5, 5.41) is 17.0. The Kier molecular flexibility index (Phi) is 2.97. The molecule has 110 valence electrons. The van der Waals surface area contributed by atoms with Gasteiger partial charge >= 0.3 is 5.97 Å². The number of nitrogens with zero attached hydrogens (tertiary/aromatic N) is 2. The van der Waals surface area contributed by atoms with Crippen molar-refractivity contribution in [2.45, 2.75) is 20.3 Å². The van der Waals surface area contributed by atoms with Crippen LogP contribution in [0.2, 0.25) is 0 Å². The number of nitrogens with one attached hydrogen (secondary N) is 1. The standard InChI is InChI=1S/C15H17N3O3/c1-9-5-10-7-16-17-12(10)11(6-9)13(19)18-4-3-15(2,8-18)14(20)21/h5-7H,3-4,8H2,1-2H3,(H,16,17)(H,20,21). The maximum absolute atomic E-state index is 12.7. The Hall–Kier alpha value is -2.37. The van der Waals surface area contributed by atoms with E-state index in [2.05, 4.69) is 10.2 Å². The van der Waals surface area contributed by atoms with Crippen LogP contribution in [0.1, 0.15) is 29.3 Å². The van der Waals surface area contributed by atoms with E-state index in [1.54, 1.807) is 18.0 Å². The fourth-order valence-electron chi connectivity index (χ4n) is 2.86. The predicted molar refractivity (Wildman–Crippen MR) is 77.1 cm³/mol. The number of aliphatic carboxylic acids is 1. The molecule has 1 aliphatic rings. The first-order valence-corrected chi connectivity index (χ1v) is 6.87. The zero-order chi connectivity index (χ0) is 15.2. The van der Waals surface area contributed by atoms with Crippen LogP contribution in [0.5, 0.6) is 0 Å². The quantitative estimate of drug-likeness (QED) is 0.882. The minimum absolute atomic E-state index is 0.141. The molecule has 1 atom stereocenters. The Labute approximate surface area is 121 Å². The number of fused-ring (bicyclic) bond motifs is 1. The van der Waals surface area contributed by atoms with Gasteiger partial charge in [0.2, 0.25) is 0 Å². The van der Waals surface area contributed by atoms with Gasteiger partial charge in [-0.15, -0.1) is 0 Å². The van der Waals surface area contributed by atoms with E-state index < -0.39 is 11.4 Å². The first-order chi connectivity index (χ1) is 9.90. The van der Waals surface area contributed by atoms with E-state index in [0.29, 0.717) is 24.0 Å². The van der Waals surface area contributed by atoms with E-state index >= 15 is 0 Å². The van der Waals surface area contributed by atoms with Crippen LogP contribution in [-0.2, 0) is 4.79 Å². The smallest absolute Gasteiger partial charge is 0.311 e. The van der Waals surface area contributed by atoms with Gasteiger partial charge in [-0.1, -0.05) is 0 Å². The van der Waals surface area contributed by atoms with Gasteiger partial charge in [-0.25, -0.2) is 0 Å². The van der Waals surface area contributed by atoms with Gasteiger partial charge in [0.1, 0.15) is 0 Å². The lowest BCUT2D eigenvalue weighted by molar-refractivity contribution is -0.147. The molecule has 0 saturated carbocycles. The lowest BCUT2D eigenvalue weighted by Crippen LogP contribution is -2.35. The van der Waals surface area contributed by atoms with Gasteiger partial charge in [0, 0.05) is 18.5 Å². The van der Waals surface area contributed by atoms with Crippen molar-refractivity contribution in [3.63, 3.8) is 0 Å². The summed E-state index contributed by atoms with van der Waals surface area (Å²) in [6.07, 6.45) is 2.16. The van der Waals surface area contributed by atoms with Crippen molar-refractivity contribution >= 4 is 22.8 Å². The highest BCUT2D eigenvalue weighted by Gasteiger charge is 2.42. The third-order valence-corrected chi connectivity index (χ3v) is 4.20. The van der Waals surface area contributed by atoms with E-state index in [9.17, 15) is 14.7 Å². The Morgan fingerprint density at radius 2 is 2.19 bits per heavy atom. The number of amides is 1. The summed E-state index contributed by atoms with van der Waals surface area (Å²) in [5.41, 5.74) is 1.38. The summed E-state index contributed by atoms with van der Waals surface area (Å²) in [6.45, 7) is 4.31. The number of carbonyl (C=O) groups is 2.